The highest BCUT2D eigenvalue weighted by Gasteiger charge is 2.26. The quantitative estimate of drug-likeness (QED) is 0.634. The number of rotatable bonds is 2. The van der Waals surface area contributed by atoms with Gasteiger partial charge in [-0.2, -0.15) is 0 Å². The topological polar surface area (TPSA) is 41.5 Å². The first-order valence-corrected chi connectivity index (χ1v) is 4.48. The molecule has 1 saturated heterocycles. The minimum absolute atomic E-state index is 0.129. The maximum atomic E-state index is 9.40. The van der Waals surface area contributed by atoms with Crippen molar-refractivity contribution < 1.29 is 9.84 Å². The van der Waals surface area contributed by atoms with Crippen molar-refractivity contribution in [2.75, 3.05) is 19.8 Å². The van der Waals surface area contributed by atoms with Crippen molar-refractivity contribution in [1.82, 2.24) is 5.32 Å². The van der Waals surface area contributed by atoms with Crippen molar-refractivity contribution >= 4 is 0 Å². The number of hydrogen-bond donors (Lipinski definition) is 2. The molecule has 0 aliphatic carbocycles. The smallest absolute Gasteiger partial charge is 0.0948 e. The molecule has 1 aliphatic heterocycles. The lowest BCUT2D eigenvalue weighted by molar-refractivity contribution is 0.121. The van der Waals surface area contributed by atoms with Crippen molar-refractivity contribution in [3.63, 3.8) is 0 Å². The maximum absolute atomic E-state index is 9.40. The van der Waals surface area contributed by atoms with Crippen LogP contribution in [0.4, 0.5) is 0 Å². The number of nitrogens with one attached hydrogen (secondary N) is 1. The minimum Gasteiger partial charge on any atom is -0.389 e. The molecule has 1 rings (SSSR count). The number of aliphatic hydroxyl groups excluding tert-OH is 1. The summed E-state index contributed by atoms with van der Waals surface area (Å²) in [6, 6.07) is 0.129. The summed E-state index contributed by atoms with van der Waals surface area (Å²) >= 11 is 0. The summed E-state index contributed by atoms with van der Waals surface area (Å²) in [5.41, 5.74) is 0.266. The highest BCUT2D eigenvalue weighted by atomic mass is 16.5. The summed E-state index contributed by atoms with van der Waals surface area (Å²) in [6.45, 7) is 8.53. The van der Waals surface area contributed by atoms with E-state index >= 15 is 0 Å². The van der Waals surface area contributed by atoms with Gasteiger partial charge in [0, 0.05) is 6.54 Å². The normalized spacial score (nSPS) is 31.0. The second-order valence-corrected chi connectivity index (χ2v) is 4.65. The molecule has 2 N–H and O–H groups in total. The summed E-state index contributed by atoms with van der Waals surface area (Å²) in [6.07, 6.45) is -0.327. The Morgan fingerprint density at radius 1 is 1.42 bits per heavy atom. The highest BCUT2D eigenvalue weighted by molar-refractivity contribution is 4.82. The number of aliphatic hydroxyl groups is 1. The van der Waals surface area contributed by atoms with E-state index in [9.17, 15) is 5.11 Å². The summed E-state index contributed by atoms with van der Waals surface area (Å²) in [5.74, 6) is 0. The van der Waals surface area contributed by atoms with Gasteiger partial charge in [0.1, 0.15) is 0 Å². The second kappa shape index (κ2) is 3.73. The van der Waals surface area contributed by atoms with E-state index in [1.807, 2.05) is 0 Å². The molecular weight excluding hydrogens is 154 g/mol. The molecule has 0 aromatic heterocycles. The fourth-order valence-electron chi connectivity index (χ4n) is 1.18. The highest BCUT2D eigenvalue weighted by Crippen LogP contribution is 2.12. The molecule has 3 heteroatoms. The zero-order valence-corrected chi connectivity index (χ0v) is 8.13. The predicted molar refractivity (Wildman–Crippen MR) is 48.1 cm³/mol. The Bertz CT molecular complexity index is 142. The van der Waals surface area contributed by atoms with Crippen LogP contribution in [0, 0.1) is 5.41 Å². The van der Waals surface area contributed by atoms with Crippen LogP contribution in [0.15, 0.2) is 0 Å². The average molecular weight is 173 g/mol. The van der Waals surface area contributed by atoms with E-state index in [2.05, 4.69) is 26.1 Å². The van der Waals surface area contributed by atoms with Crippen LogP contribution in [-0.4, -0.2) is 37.0 Å². The third-order valence-electron chi connectivity index (χ3n) is 1.95. The molecule has 0 spiro atoms. The lowest BCUT2D eigenvalue weighted by atomic mass is 9.96. The predicted octanol–water partition coefficient (Wildman–Crippen LogP) is 0.382. The van der Waals surface area contributed by atoms with Gasteiger partial charge in [-0.15, -0.1) is 0 Å². The number of ether oxygens (including phenoxy) is 1. The van der Waals surface area contributed by atoms with E-state index in [0.717, 1.165) is 6.54 Å². The van der Waals surface area contributed by atoms with Gasteiger partial charge >= 0.3 is 0 Å². The Labute approximate surface area is 74.1 Å². The summed E-state index contributed by atoms with van der Waals surface area (Å²) < 4.78 is 5.12. The lowest BCUT2D eigenvalue weighted by Gasteiger charge is -2.22. The molecule has 0 saturated carbocycles. The first-order chi connectivity index (χ1) is 5.49. The SMILES string of the molecule is CC(C)(C)CN[C@@H]1COC[C@H]1O. The Kier molecular flexibility index (Phi) is 3.09. The van der Waals surface area contributed by atoms with Gasteiger partial charge in [0.15, 0.2) is 0 Å². The molecule has 12 heavy (non-hydrogen) atoms. The molecule has 1 heterocycles. The Morgan fingerprint density at radius 3 is 2.50 bits per heavy atom. The first kappa shape index (κ1) is 9.96. The van der Waals surface area contributed by atoms with Crippen LogP contribution in [-0.2, 0) is 4.74 Å². The van der Waals surface area contributed by atoms with Gasteiger partial charge in [-0.3, -0.25) is 0 Å². The van der Waals surface area contributed by atoms with E-state index in [1.165, 1.54) is 0 Å². The molecule has 2 atom stereocenters. The van der Waals surface area contributed by atoms with Crippen LogP contribution < -0.4 is 5.32 Å². The van der Waals surface area contributed by atoms with Crippen LogP contribution in [0.3, 0.4) is 0 Å². The van der Waals surface area contributed by atoms with Crippen LogP contribution in [0.5, 0.6) is 0 Å². The lowest BCUT2D eigenvalue weighted by Crippen LogP contribution is -2.42. The summed E-state index contributed by atoms with van der Waals surface area (Å²) in [5, 5.41) is 12.7. The van der Waals surface area contributed by atoms with Crippen LogP contribution in [0.25, 0.3) is 0 Å². The molecular formula is C9H19NO2. The van der Waals surface area contributed by atoms with Crippen LogP contribution in [0.1, 0.15) is 20.8 Å². The van der Waals surface area contributed by atoms with Gasteiger partial charge in [0.25, 0.3) is 0 Å². The Morgan fingerprint density at radius 2 is 2.08 bits per heavy atom. The van der Waals surface area contributed by atoms with Gasteiger partial charge in [0.2, 0.25) is 0 Å². The molecule has 0 aromatic rings. The van der Waals surface area contributed by atoms with Crippen molar-refractivity contribution in [2.45, 2.75) is 32.9 Å². The molecule has 1 fully saturated rings. The molecule has 0 radical (unpaired) electrons. The molecule has 72 valence electrons. The molecule has 0 bridgehead atoms. The van der Waals surface area contributed by atoms with Gasteiger partial charge in [0.05, 0.1) is 25.4 Å². The fraction of sp³-hybridized carbons (Fsp3) is 1.00. The van der Waals surface area contributed by atoms with E-state index in [-0.39, 0.29) is 17.6 Å². The van der Waals surface area contributed by atoms with Crippen molar-refractivity contribution in [3.05, 3.63) is 0 Å². The first-order valence-electron chi connectivity index (χ1n) is 4.48. The summed E-state index contributed by atoms with van der Waals surface area (Å²) in [7, 11) is 0. The number of hydrogen-bond acceptors (Lipinski definition) is 3. The van der Waals surface area contributed by atoms with Gasteiger partial charge < -0.3 is 15.2 Å². The zero-order valence-electron chi connectivity index (χ0n) is 8.13. The van der Waals surface area contributed by atoms with E-state index in [1.54, 1.807) is 0 Å². The fourth-order valence-corrected chi connectivity index (χ4v) is 1.18. The van der Waals surface area contributed by atoms with Gasteiger partial charge in [-0.25, -0.2) is 0 Å². The van der Waals surface area contributed by atoms with Crippen molar-refractivity contribution in [3.8, 4) is 0 Å². The van der Waals surface area contributed by atoms with E-state index < -0.39 is 0 Å². The van der Waals surface area contributed by atoms with Crippen molar-refractivity contribution in [2.24, 2.45) is 5.41 Å². The van der Waals surface area contributed by atoms with Gasteiger partial charge in [-0.1, -0.05) is 20.8 Å². The molecule has 0 aromatic carbocycles. The Hall–Kier alpha value is -0.120. The van der Waals surface area contributed by atoms with Crippen LogP contribution >= 0.6 is 0 Å². The van der Waals surface area contributed by atoms with E-state index in [4.69, 9.17) is 4.74 Å². The monoisotopic (exact) mass is 173 g/mol. The summed E-state index contributed by atoms with van der Waals surface area (Å²) in [4.78, 5) is 0. The van der Waals surface area contributed by atoms with Crippen LogP contribution in [0.2, 0.25) is 0 Å². The maximum Gasteiger partial charge on any atom is 0.0948 e. The standard InChI is InChI=1S/C9H19NO2/c1-9(2,3)6-10-7-4-12-5-8(7)11/h7-8,10-11H,4-6H2,1-3H3/t7-,8-/m1/s1. The van der Waals surface area contributed by atoms with E-state index in [0.29, 0.717) is 13.2 Å². The Balaban J connectivity index is 2.23. The molecule has 3 nitrogen and oxygen atoms in total. The molecule has 0 unspecified atom stereocenters. The zero-order chi connectivity index (χ0) is 9.19. The molecule has 0 amide bonds. The van der Waals surface area contributed by atoms with Crippen molar-refractivity contribution in [1.29, 1.82) is 0 Å². The second-order valence-electron chi connectivity index (χ2n) is 4.65. The minimum atomic E-state index is -0.327. The largest absolute Gasteiger partial charge is 0.389 e. The third kappa shape index (κ3) is 3.09. The average Bonchev–Trinajstić information content (AvgIpc) is 2.29. The van der Waals surface area contributed by atoms with Gasteiger partial charge in [-0.05, 0) is 5.41 Å². The third-order valence-corrected chi connectivity index (χ3v) is 1.95. The molecule has 1 aliphatic rings.